The van der Waals surface area contributed by atoms with E-state index in [1.165, 1.54) is 14.2 Å². The molecule has 2 aromatic carbocycles. The zero-order valence-corrected chi connectivity index (χ0v) is 20.6. The number of hydrogen-bond acceptors (Lipinski definition) is 9. The summed E-state index contributed by atoms with van der Waals surface area (Å²) in [7, 11) is -2.85. The molecule has 2 N–H and O–H groups in total. The highest BCUT2D eigenvalue weighted by Gasteiger charge is 2.39. The topological polar surface area (TPSA) is 98.1 Å². The van der Waals surface area contributed by atoms with Gasteiger partial charge < -0.3 is 28.3 Å². The van der Waals surface area contributed by atoms with Crippen molar-refractivity contribution < 1.29 is 18.1 Å². The molecule has 12 heteroatoms. The summed E-state index contributed by atoms with van der Waals surface area (Å²) in [4.78, 5) is 0. The Morgan fingerprint density at radius 3 is 1.33 bits per heavy atom. The Balaban J connectivity index is 2.17. The van der Waals surface area contributed by atoms with Gasteiger partial charge in [0.05, 0.1) is 0 Å². The molecule has 0 unspecified atom stereocenters. The first-order valence-corrected chi connectivity index (χ1v) is 13.9. The lowest BCUT2D eigenvalue weighted by atomic mass is 10.2. The monoisotopic (exact) mass is 471 g/mol. The summed E-state index contributed by atoms with van der Waals surface area (Å²) in [6, 6.07) is 15.8. The van der Waals surface area contributed by atoms with Gasteiger partial charge in [-0.25, -0.2) is 0 Å². The van der Waals surface area contributed by atoms with Crippen LogP contribution in [-0.4, -0.2) is 28.4 Å². The Bertz CT molecular complexity index is 991. The highest BCUT2D eigenvalue weighted by molar-refractivity contribution is 7.82. The second-order valence-electron chi connectivity index (χ2n) is 6.53. The quantitative estimate of drug-likeness (QED) is 0.393. The normalized spacial score (nSPS) is 24.9. The molecule has 2 atom stereocenters. The average Bonchev–Trinajstić information content (AvgIpc) is 2.77. The Morgan fingerprint density at radius 1 is 0.567 bits per heavy atom. The molecule has 0 spiro atoms. The van der Waals surface area contributed by atoms with Crippen LogP contribution in [0.5, 0.6) is 0 Å². The van der Waals surface area contributed by atoms with Gasteiger partial charge in [0.25, 0.3) is 0 Å². The molecule has 0 amide bonds. The van der Waals surface area contributed by atoms with Gasteiger partial charge >= 0.3 is 22.8 Å². The van der Waals surface area contributed by atoms with Crippen LogP contribution in [0.1, 0.15) is 11.1 Å². The summed E-state index contributed by atoms with van der Waals surface area (Å²) in [5.41, 5.74) is 3.93. The fourth-order valence-corrected chi connectivity index (χ4v) is 12.2. The van der Waals surface area contributed by atoms with E-state index in [0.29, 0.717) is 0 Å². The molecule has 1 aliphatic rings. The van der Waals surface area contributed by atoms with E-state index in [2.05, 4.69) is 10.2 Å². The summed E-state index contributed by atoms with van der Waals surface area (Å²) in [5, 5.41) is 6.70. The van der Waals surface area contributed by atoms with Gasteiger partial charge in [0.15, 0.2) is 0 Å². The van der Waals surface area contributed by atoms with Crippen molar-refractivity contribution >= 4 is 34.2 Å². The van der Waals surface area contributed by atoms with Gasteiger partial charge in [-0.1, -0.05) is 35.4 Å². The van der Waals surface area contributed by atoms with Crippen molar-refractivity contribution in [1.29, 1.82) is 0 Å². The van der Waals surface area contributed by atoms with Gasteiger partial charge in [0.2, 0.25) is 0 Å². The predicted octanol–water partition coefficient (Wildman–Crippen LogP) is 7.27. The smallest absolute Gasteiger partial charge is 0.315 e. The second kappa shape index (κ2) is 9.37. The van der Waals surface area contributed by atoms with Gasteiger partial charge in [0.1, 0.15) is 0 Å². The minimum absolute atomic E-state index is 0.819. The zero-order valence-electron chi connectivity index (χ0n) is 17.9. The third-order valence-corrected chi connectivity index (χ3v) is 13.1. The number of anilines is 2. The number of benzene rings is 2. The molecule has 2 aromatic rings. The molecule has 164 valence electrons. The molecule has 0 saturated carbocycles. The molecule has 1 aliphatic heterocycles. The summed E-state index contributed by atoms with van der Waals surface area (Å²) in [6.45, 7) is 4.05. The van der Waals surface area contributed by atoms with Gasteiger partial charge in [-0.05, 0) is 38.1 Å². The van der Waals surface area contributed by atoms with Crippen LogP contribution in [0.25, 0.3) is 0 Å². The van der Waals surface area contributed by atoms with Gasteiger partial charge in [0, 0.05) is 39.8 Å². The molecule has 1 heterocycles. The van der Waals surface area contributed by atoms with Crippen LogP contribution in [0.3, 0.4) is 0 Å². The van der Waals surface area contributed by atoms with Crippen LogP contribution < -0.4 is 10.2 Å². The predicted molar refractivity (Wildman–Crippen MR) is 126 cm³/mol. The number of rotatable bonds is 8. The zero-order chi connectivity index (χ0) is 21.8. The van der Waals surface area contributed by atoms with Crippen LogP contribution >= 0.6 is 22.8 Å². The maximum atomic E-state index is 5.87. The maximum absolute atomic E-state index is 5.87. The third-order valence-electron chi connectivity index (χ3n) is 4.35. The van der Waals surface area contributed by atoms with E-state index in [1.54, 1.807) is 14.2 Å². The van der Waals surface area contributed by atoms with Crippen LogP contribution in [0, 0.1) is 13.8 Å². The fraction of sp³-hybridized carbons (Fsp3) is 0.333. The Hall–Kier alpha value is -1.43. The van der Waals surface area contributed by atoms with Crippen molar-refractivity contribution in [2.24, 2.45) is 13.5 Å². The average molecular weight is 471 g/mol. The molecule has 0 fully saturated rings. The second-order valence-corrected chi connectivity index (χ2v) is 13.7. The molecule has 3 rings (SSSR count). The Labute approximate surface area is 178 Å². The summed E-state index contributed by atoms with van der Waals surface area (Å²) in [5.74, 6) is 0. The summed E-state index contributed by atoms with van der Waals surface area (Å²) in [6.07, 6.45) is 0. The fourth-order valence-electron chi connectivity index (χ4n) is 2.66. The van der Waals surface area contributed by atoms with Crippen molar-refractivity contribution in [3.05, 3.63) is 59.7 Å². The van der Waals surface area contributed by atoms with Crippen molar-refractivity contribution in [1.82, 2.24) is 0 Å². The maximum Gasteiger partial charge on any atom is 0.347 e. The number of nitrogens with zero attached hydrogens (tertiary/aromatic N) is 3. The molecule has 9 nitrogen and oxygen atoms in total. The van der Waals surface area contributed by atoms with E-state index in [4.69, 9.17) is 31.6 Å². The van der Waals surface area contributed by atoms with E-state index >= 15 is 0 Å². The molecule has 0 radical (unpaired) electrons. The van der Waals surface area contributed by atoms with Crippen LogP contribution in [0.2, 0.25) is 0 Å². The third kappa shape index (κ3) is 5.06. The SMILES string of the molecule is COP1(OC)=N[P@](Nc2ccc(C)cc2)(OC)=N[P@](Nc2ccc(C)cc2)(OC)=N1. The molecule has 0 aromatic heterocycles. The molecular weight excluding hydrogens is 443 g/mol. The van der Waals surface area contributed by atoms with E-state index in [9.17, 15) is 0 Å². The Morgan fingerprint density at radius 2 is 0.967 bits per heavy atom. The molecule has 0 saturated heterocycles. The first kappa shape index (κ1) is 23.2. The van der Waals surface area contributed by atoms with Crippen molar-refractivity contribution in [3.8, 4) is 0 Å². The highest BCUT2D eigenvalue weighted by atomic mass is 31.3. The first-order valence-electron chi connectivity index (χ1n) is 9.15. The Kier molecular flexibility index (Phi) is 7.26. The largest absolute Gasteiger partial charge is 0.347 e. The molecule has 30 heavy (non-hydrogen) atoms. The van der Waals surface area contributed by atoms with Crippen molar-refractivity contribution in [2.75, 3.05) is 38.6 Å². The number of nitrogens with one attached hydrogen (secondary N) is 2. The van der Waals surface area contributed by atoms with E-state index < -0.39 is 22.8 Å². The summed E-state index contributed by atoms with van der Waals surface area (Å²) < 4.78 is 37.4. The lowest BCUT2D eigenvalue weighted by Gasteiger charge is -2.33. The van der Waals surface area contributed by atoms with E-state index in [-0.39, 0.29) is 0 Å². The molecular formula is C18H28N5O4P3. The number of hydrogen-bond donors (Lipinski definition) is 2. The standard InChI is InChI=1S/C18H28N5O4P3/c1-15-7-11-17(12-8-15)19-28(24-3)21-29(25-4,23-30(22-28,26-5)27-6)20-18-13-9-16(2)10-14-18/h7-14,19-20H,1-6H3/t28-,29+. The van der Waals surface area contributed by atoms with Crippen LogP contribution in [0.15, 0.2) is 62.1 Å². The summed E-state index contributed by atoms with van der Waals surface area (Å²) >= 11 is 0. The minimum atomic E-state index is -3.04. The highest BCUT2D eigenvalue weighted by Crippen LogP contribution is 2.78. The lowest BCUT2D eigenvalue weighted by Crippen LogP contribution is -2.06. The molecule has 0 bridgehead atoms. The first-order chi connectivity index (χ1) is 14.3. The van der Waals surface area contributed by atoms with Gasteiger partial charge in [-0.2, -0.15) is 4.52 Å². The minimum Gasteiger partial charge on any atom is -0.315 e. The van der Waals surface area contributed by atoms with Crippen molar-refractivity contribution in [2.45, 2.75) is 13.8 Å². The van der Waals surface area contributed by atoms with E-state index in [1.807, 2.05) is 62.4 Å². The van der Waals surface area contributed by atoms with E-state index in [0.717, 1.165) is 22.5 Å². The van der Waals surface area contributed by atoms with Gasteiger partial charge in [-0.3, -0.25) is 0 Å². The van der Waals surface area contributed by atoms with Crippen molar-refractivity contribution in [3.63, 3.8) is 0 Å². The lowest BCUT2D eigenvalue weighted by molar-refractivity contribution is 0.328. The van der Waals surface area contributed by atoms with Crippen LogP contribution in [0.4, 0.5) is 11.4 Å². The number of aryl methyl sites for hydroxylation is 2. The molecule has 0 aliphatic carbocycles. The van der Waals surface area contributed by atoms with Crippen LogP contribution in [-0.2, 0) is 18.1 Å². The van der Waals surface area contributed by atoms with Gasteiger partial charge in [-0.15, -0.1) is 9.03 Å².